The first-order valence-electron chi connectivity index (χ1n) is 28.0. The number of nitro benzene ring substituents is 1. The van der Waals surface area contributed by atoms with E-state index in [4.69, 9.17) is 33.6 Å². The zero-order chi connectivity index (χ0) is 56.4. The fourth-order valence-electron chi connectivity index (χ4n) is 13.8. The smallest absolute Gasteiger partial charge is 0.513 e. The maximum Gasteiger partial charge on any atom is 0.513 e. The van der Waals surface area contributed by atoms with E-state index in [0.717, 1.165) is 38.6 Å². The van der Waals surface area contributed by atoms with Gasteiger partial charge in [0.15, 0.2) is 5.82 Å². The first-order valence-corrected chi connectivity index (χ1v) is 32.4. The molecule has 8 rings (SSSR count). The molecule has 0 radical (unpaired) electrons. The Kier molecular flexibility index (Phi) is 17.6. The third kappa shape index (κ3) is 11.2. The molecule has 78 heavy (non-hydrogen) atoms. The number of anilines is 1. The van der Waals surface area contributed by atoms with Crippen LogP contribution in [-0.2, 0) is 4.74 Å². The fraction of sp³-hybridized carbons (Fsp3) is 0.550. The van der Waals surface area contributed by atoms with Crippen LogP contribution in [0.15, 0.2) is 54.7 Å². The number of nitriles is 1. The van der Waals surface area contributed by atoms with Gasteiger partial charge in [-0.2, -0.15) is 15.2 Å². The summed E-state index contributed by atoms with van der Waals surface area (Å²) < 4.78 is 60.1. The van der Waals surface area contributed by atoms with Crippen LogP contribution < -0.4 is 18.8 Å². The molecule has 416 valence electrons. The standard InChI is InChI=1S/C60H77F2N7O7Si2/c1-37(2)77(38(3)4,39(5)6)30-24-49-52(61)21-16-44-31-48(76-78(40(7)8,41(9)10)42(11)12)32-50(53(44)49)55-54(62)56-51(34-64-55)57(67-27-13-15-43(33-63)23-29-67)66-58(65-56)74-36-60-25-14-28-68(60)46(22-26-60)35-73-59(70)75-47-19-17-45(18-20-47)69(71)72/h16-21,31-32,34,37-43,46H,13-15,22-23,25-29,35-36H2,1-12H3/t43?,46-,60-/m0/s1. The van der Waals surface area contributed by atoms with Crippen LogP contribution in [0.2, 0.25) is 33.2 Å². The van der Waals surface area contributed by atoms with Crippen LogP contribution >= 0.6 is 0 Å². The van der Waals surface area contributed by atoms with Gasteiger partial charge in [0.2, 0.25) is 0 Å². The number of rotatable bonds is 17. The number of ether oxygens (including phenoxy) is 3. The average molecular weight is 1100 g/mol. The van der Waals surface area contributed by atoms with Crippen LogP contribution in [0.25, 0.3) is 32.9 Å². The summed E-state index contributed by atoms with van der Waals surface area (Å²) in [5.74, 6) is 3.22. The van der Waals surface area contributed by atoms with Gasteiger partial charge in [0.25, 0.3) is 14.0 Å². The van der Waals surface area contributed by atoms with Crippen molar-refractivity contribution in [2.45, 2.75) is 173 Å². The lowest BCUT2D eigenvalue weighted by molar-refractivity contribution is -0.384. The summed E-state index contributed by atoms with van der Waals surface area (Å²) in [6.45, 7) is 28.7. The summed E-state index contributed by atoms with van der Waals surface area (Å²) in [5.41, 5.74) is 5.26. The molecule has 3 fully saturated rings. The predicted octanol–water partition coefficient (Wildman–Crippen LogP) is 14.9. The highest BCUT2D eigenvalue weighted by Gasteiger charge is 2.51. The minimum atomic E-state index is -2.57. The maximum absolute atomic E-state index is 18.4. The summed E-state index contributed by atoms with van der Waals surface area (Å²) in [6, 6.07) is 14.5. The van der Waals surface area contributed by atoms with Gasteiger partial charge in [-0.25, -0.2) is 13.6 Å². The molecule has 5 aromatic rings. The number of hydrogen-bond donors (Lipinski definition) is 0. The van der Waals surface area contributed by atoms with Crippen molar-refractivity contribution in [3.8, 4) is 46.3 Å². The van der Waals surface area contributed by atoms with E-state index < -0.39 is 44.6 Å². The highest BCUT2D eigenvalue weighted by molar-refractivity contribution is 6.90. The number of nitro groups is 1. The second kappa shape index (κ2) is 23.6. The molecule has 1 unspecified atom stereocenters. The lowest BCUT2D eigenvalue weighted by atomic mass is 9.95. The average Bonchev–Trinajstić information content (AvgIpc) is 3.93. The number of carbonyl (C=O) groups excluding carboxylic acids is 1. The second-order valence-corrected chi connectivity index (χ2v) is 34.7. The van der Waals surface area contributed by atoms with Crippen LogP contribution in [0.1, 0.15) is 134 Å². The van der Waals surface area contributed by atoms with Crippen LogP contribution in [0.5, 0.6) is 17.5 Å². The third-order valence-corrected chi connectivity index (χ3v) is 29.9. The number of non-ortho nitro benzene ring substituents is 1. The topological polar surface area (TPSA) is 166 Å². The van der Waals surface area contributed by atoms with Gasteiger partial charge >= 0.3 is 12.2 Å². The van der Waals surface area contributed by atoms with E-state index >= 15 is 8.78 Å². The van der Waals surface area contributed by atoms with Crippen molar-refractivity contribution in [2.24, 2.45) is 5.92 Å². The molecule has 0 bridgehead atoms. The summed E-state index contributed by atoms with van der Waals surface area (Å²) in [6.07, 6.45) is 5.89. The largest absolute Gasteiger partial charge is 0.543 e. The molecular weight excluding hydrogens is 1020 g/mol. The Balaban J connectivity index is 1.23. The number of halogens is 2. The molecule has 3 aliphatic heterocycles. The summed E-state index contributed by atoms with van der Waals surface area (Å²) in [5, 5.41) is 22.5. The van der Waals surface area contributed by atoms with Crippen molar-refractivity contribution in [2.75, 3.05) is 37.7 Å². The van der Waals surface area contributed by atoms with Gasteiger partial charge in [0.1, 0.15) is 55.6 Å². The zero-order valence-corrected chi connectivity index (χ0v) is 49.5. The summed E-state index contributed by atoms with van der Waals surface area (Å²) >= 11 is 0. The molecule has 3 aromatic carbocycles. The molecule has 5 heterocycles. The van der Waals surface area contributed by atoms with Crippen molar-refractivity contribution in [3.63, 3.8) is 0 Å². The van der Waals surface area contributed by atoms with Crippen molar-refractivity contribution >= 4 is 55.7 Å². The van der Waals surface area contributed by atoms with E-state index in [0.29, 0.717) is 59.2 Å². The quantitative estimate of drug-likeness (QED) is 0.0216. The van der Waals surface area contributed by atoms with Crippen molar-refractivity contribution in [1.82, 2.24) is 19.9 Å². The van der Waals surface area contributed by atoms with Gasteiger partial charge in [-0.05, 0) is 120 Å². The molecule has 2 aromatic heterocycles. The van der Waals surface area contributed by atoms with Crippen molar-refractivity contribution < 1.29 is 37.1 Å². The molecule has 0 spiro atoms. The Labute approximate surface area is 460 Å². The van der Waals surface area contributed by atoms with Gasteiger partial charge in [0, 0.05) is 54.3 Å². The van der Waals surface area contributed by atoms with Gasteiger partial charge in [-0.3, -0.25) is 20.0 Å². The second-order valence-electron chi connectivity index (χ2n) is 23.7. The Morgan fingerprint density at radius 2 is 1.54 bits per heavy atom. The normalized spacial score (nSPS) is 19.2. The van der Waals surface area contributed by atoms with E-state index in [1.54, 1.807) is 12.3 Å². The third-order valence-electron chi connectivity index (χ3n) is 17.6. The van der Waals surface area contributed by atoms with Gasteiger partial charge in [-0.1, -0.05) is 95.1 Å². The first kappa shape index (κ1) is 57.9. The summed E-state index contributed by atoms with van der Waals surface area (Å²) in [4.78, 5) is 42.6. The Morgan fingerprint density at radius 3 is 2.18 bits per heavy atom. The van der Waals surface area contributed by atoms with Gasteiger partial charge in [-0.15, -0.1) is 5.54 Å². The summed E-state index contributed by atoms with van der Waals surface area (Å²) in [7, 11) is -4.95. The van der Waals surface area contributed by atoms with E-state index in [1.165, 1.54) is 30.3 Å². The highest BCUT2D eigenvalue weighted by Crippen LogP contribution is 2.47. The number of pyridine rings is 1. The molecule has 0 aliphatic carbocycles. The van der Waals surface area contributed by atoms with Crippen LogP contribution in [0, 0.1) is 50.5 Å². The van der Waals surface area contributed by atoms with E-state index in [1.807, 2.05) is 12.1 Å². The number of hydrogen-bond acceptors (Lipinski definition) is 13. The molecule has 14 nitrogen and oxygen atoms in total. The fourth-order valence-corrected chi connectivity index (χ4v) is 24.2. The number of benzene rings is 3. The van der Waals surface area contributed by atoms with Crippen LogP contribution in [0.3, 0.4) is 0 Å². The molecule has 18 heteroatoms. The predicted molar refractivity (Wildman–Crippen MR) is 307 cm³/mol. The number of aromatic nitrogens is 3. The molecule has 0 saturated carbocycles. The maximum atomic E-state index is 18.4. The highest BCUT2D eigenvalue weighted by atomic mass is 28.4. The minimum absolute atomic E-state index is 0.00397. The number of nitrogens with zero attached hydrogens (tertiary/aromatic N) is 7. The van der Waals surface area contributed by atoms with Crippen molar-refractivity contribution in [1.29, 1.82) is 5.26 Å². The van der Waals surface area contributed by atoms with Gasteiger partial charge in [0.05, 0.1) is 27.5 Å². The molecule has 0 amide bonds. The Hall–Kier alpha value is -6.22. The first-order chi connectivity index (χ1) is 37.1. The van der Waals surface area contributed by atoms with Crippen LogP contribution in [-0.4, -0.2) is 91.8 Å². The van der Waals surface area contributed by atoms with Gasteiger partial charge < -0.3 is 23.5 Å². The minimum Gasteiger partial charge on any atom is -0.543 e. The number of fused-ring (bicyclic) bond motifs is 3. The van der Waals surface area contributed by atoms with E-state index in [9.17, 15) is 20.2 Å². The van der Waals surface area contributed by atoms with E-state index in [-0.39, 0.29) is 92.6 Å². The SMILES string of the molecule is CC(C)[Si](C#Cc1c(F)ccc2cc(O[Si](C(C)C)(C(C)C)C(C)C)cc(-c3ncc4c(N5CCCC(C#N)CC5)nc(OC[C@@]56CCCN5[C@H](COC(=O)Oc5ccc([N+](=O)[O-])cc5)CC6)nc4c3F)c12)(C(C)C)C(C)C. The lowest BCUT2D eigenvalue weighted by Crippen LogP contribution is -2.50. The molecule has 3 atom stereocenters. The number of carbonyl (C=O) groups is 1. The lowest BCUT2D eigenvalue weighted by Gasteiger charge is -2.42. The van der Waals surface area contributed by atoms with Crippen LogP contribution in [0.4, 0.5) is 25.1 Å². The van der Waals surface area contributed by atoms with E-state index in [2.05, 4.69) is 110 Å². The monoisotopic (exact) mass is 1100 g/mol. The Morgan fingerprint density at radius 1 is 0.846 bits per heavy atom. The molecule has 3 aliphatic rings. The van der Waals surface area contributed by atoms with Crippen molar-refractivity contribution in [3.05, 3.63) is 82.0 Å². The zero-order valence-electron chi connectivity index (χ0n) is 47.5. The molecule has 0 N–H and O–H groups in total. The Bertz CT molecular complexity index is 3100. The molecule has 3 saturated heterocycles. The molecular formula is C60H77F2N7O7Si2.